The molecule has 2 aromatic rings. The van der Waals surface area contributed by atoms with Crippen molar-refractivity contribution in [2.45, 2.75) is 30.1 Å². The topological polar surface area (TPSA) is 87.2 Å². The maximum absolute atomic E-state index is 13.7. The number of anilines is 2. The minimum atomic E-state index is -4.79. The molecule has 0 radical (unpaired) electrons. The zero-order chi connectivity index (χ0) is 21.2. The molecule has 1 aliphatic rings. The van der Waals surface area contributed by atoms with Gasteiger partial charge in [-0.3, -0.25) is 4.72 Å². The van der Waals surface area contributed by atoms with Crippen LogP contribution in [-0.4, -0.2) is 44.6 Å². The van der Waals surface area contributed by atoms with Crippen LogP contribution in [-0.2, 0) is 16.2 Å². The molecule has 7 nitrogen and oxygen atoms in total. The number of hydrogen-bond acceptors (Lipinski definition) is 6. The summed E-state index contributed by atoms with van der Waals surface area (Å²) in [6, 6.07) is 3.74. The van der Waals surface area contributed by atoms with Crippen LogP contribution >= 0.6 is 0 Å². The maximum Gasteiger partial charge on any atom is 0.418 e. The lowest BCUT2D eigenvalue weighted by atomic mass is 10.0. The van der Waals surface area contributed by atoms with E-state index in [1.165, 1.54) is 24.1 Å². The summed E-state index contributed by atoms with van der Waals surface area (Å²) in [7, 11) is -2.97. The van der Waals surface area contributed by atoms with Gasteiger partial charge in [-0.25, -0.2) is 9.97 Å². The molecule has 0 aliphatic carbocycles. The van der Waals surface area contributed by atoms with Crippen molar-refractivity contribution in [3.8, 4) is 0 Å². The lowest BCUT2D eigenvalue weighted by molar-refractivity contribution is -0.137. The number of alkyl halides is 3. The van der Waals surface area contributed by atoms with E-state index in [2.05, 4.69) is 15.3 Å². The van der Waals surface area contributed by atoms with Crippen LogP contribution in [0.4, 0.5) is 29.1 Å². The van der Waals surface area contributed by atoms with E-state index in [-0.39, 0.29) is 17.5 Å². The van der Waals surface area contributed by atoms with Gasteiger partial charge in [0.15, 0.2) is 5.03 Å². The fourth-order valence-electron chi connectivity index (χ4n) is 3.13. The van der Waals surface area contributed by atoms with Crippen molar-refractivity contribution in [2.75, 3.05) is 29.8 Å². The Morgan fingerprint density at radius 3 is 2.55 bits per heavy atom. The van der Waals surface area contributed by atoms with Gasteiger partial charge < -0.3 is 10.2 Å². The van der Waals surface area contributed by atoms with E-state index < -0.39 is 32.7 Å². The summed E-state index contributed by atoms with van der Waals surface area (Å²) >= 11 is 0. The molecule has 0 bridgehead atoms. The van der Waals surface area contributed by atoms with Crippen LogP contribution in [0.1, 0.15) is 18.4 Å². The van der Waals surface area contributed by atoms with Gasteiger partial charge in [0.1, 0.15) is 5.82 Å². The summed E-state index contributed by atoms with van der Waals surface area (Å²) in [6.45, 7) is 1.36. The highest BCUT2D eigenvalue weighted by atomic mass is 32.2. The first-order valence-corrected chi connectivity index (χ1v) is 10.2. The van der Waals surface area contributed by atoms with Gasteiger partial charge in [-0.05, 0) is 44.1 Å². The summed E-state index contributed by atoms with van der Waals surface area (Å²) in [5.74, 6) is -1.30. The number of nitrogens with one attached hydrogen (secondary N) is 2. The highest BCUT2D eigenvalue weighted by Gasteiger charge is 2.37. The van der Waals surface area contributed by atoms with Crippen LogP contribution in [0.2, 0.25) is 0 Å². The number of halogens is 4. The Morgan fingerprint density at radius 1 is 1.24 bits per heavy atom. The van der Waals surface area contributed by atoms with E-state index in [4.69, 9.17) is 0 Å². The third kappa shape index (κ3) is 4.93. The van der Waals surface area contributed by atoms with Gasteiger partial charge in [-0.15, -0.1) is 0 Å². The summed E-state index contributed by atoms with van der Waals surface area (Å²) < 4.78 is 81.0. The number of hydrogen-bond donors (Lipinski definition) is 2. The van der Waals surface area contributed by atoms with Gasteiger partial charge in [0.05, 0.1) is 17.4 Å². The Bertz CT molecular complexity index is 978. The van der Waals surface area contributed by atoms with Crippen LogP contribution in [0.25, 0.3) is 0 Å². The van der Waals surface area contributed by atoms with Crippen molar-refractivity contribution in [3.63, 3.8) is 0 Å². The van der Waals surface area contributed by atoms with E-state index in [9.17, 15) is 26.0 Å². The second-order valence-electron chi connectivity index (χ2n) is 6.58. The molecule has 0 amide bonds. The van der Waals surface area contributed by atoms with Crippen molar-refractivity contribution in [3.05, 3.63) is 42.0 Å². The van der Waals surface area contributed by atoms with Gasteiger partial charge in [0.25, 0.3) is 10.0 Å². The Morgan fingerprint density at radius 2 is 1.93 bits per heavy atom. The third-order valence-electron chi connectivity index (χ3n) is 4.63. The van der Waals surface area contributed by atoms with Gasteiger partial charge in [-0.2, -0.15) is 26.0 Å². The van der Waals surface area contributed by atoms with Crippen LogP contribution in [0.3, 0.4) is 0 Å². The number of rotatable bonds is 5. The minimum absolute atomic E-state index is 0.128. The van der Waals surface area contributed by atoms with Gasteiger partial charge in [0.2, 0.25) is 5.95 Å². The molecule has 1 aliphatic heterocycles. The number of nitrogens with zero attached hydrogens (tertiary/aromatic N) is 3. The summed E-state index contributed by atoms with van der Waals surface area (Å²) in [4.78, 5) is 8.55. The number of sulfonamides is 1. The number of aromatic nitrogens is 2. The van der Waals surface area contributed by atoms with E-state index in [1.54, 1.807) is 0 Å². The van der Waals surface area contributed by atoms with E-state index in [0.29, 0.717) is 32.0 Å². The molecule has 158 valence electrons. The highest BCUT2D eigenvalue weighted by molar-refractivity contribution is 7.92. The minimum Gasteiger partial charge on any atom is -0.370 e. The van der Waals surface area contributed by atoms with Crippen LogP contribution in [0.15, 0.2) is 35.5 Å². The third-order valence-corrected chi connectivity index (χ3v) is 5.88. The van der Waals surface area contributed by atoms with Gasteiger partial charge in [0, 0.05) is 13.1 Å². The summed E-state index contributed by atoms with van der Waals surface area (Å²) in [6.07, 6.45) is -2.58. The van der Waals surface area contributed by atoms with Crippen LogP contribution < -0.4 is 14.9 Å². The summed E-state index contributed by atoms with van der Waals surface area (Å²) in [5, 5.41) is 2.30. The molecule has 1 fully saturated rings. The number of piperidine rings is 1. The molecule has 0 atom stereocenters. The Hall–Kier alpha value is -2.47. The van der Waals surface area contributed by atoms with Gasteiger partial charge in [-0.1, -0.05) is 6.07 Å². The van der Waals surface area contributed by atoms with Crippen LogP contribution in [0, 0.1) is 5.95 Å². The Kier molecular flexibility index (Phi) is 5.94. The van der Waals surface area contributed by atoms with E-state index in [0.717, 1.165) is 12.3 Å². The van der Waals surface area contributed by atoms with E-state index >= 15 is 0 Å². The average molecular weight is 433 g/mol. The molecular formula is C17H19F4N5O2S. The second-order valence-corrected chi connectivity index (χ2v) is 8.21. The Balaban J connectivity index is 1.96. The van der Waals surface area contributed by atoms with Crippen molar-refractivity contribution >= 4 is 21.5 Å². The first-order valence-electron chi connectivity index (χ1n) is 8.74. The normalized spacial score (nSPS) is 15.9. The largest absolute Gasteiger partial charge is 0.418 e. The van der Waals surface area contributed by atoms with Crippen LogP contribution in [0.5, 0.6) is 0 Å². The monoisotopic (exact) mass is 433 g/mol. The first kappa shape index (κ1) is 21.2. The van der Waals surface area contributed by atoms with E-state index in [1.807, 2.05) is 4.72 Å². The molecule has 1 saturated heterocycles. The Labute approximate surface area is 165 Å². The molecule has 2 N–H and O–H groups in total. The lowest BCUT2D eigenvalue weighted by Crippen LogP contribution is -2.42. The lowest BCUT2D eigenvalue weighted by Gasteiger charge is -2.34. The summed E-state index contributed by atoms with van der Waals surface area (Å²) in [5.41, 5.74) is -1.31. The molecule has 0 unspecified atom stereocenters. The predicted molar refractivity (Wildman–Crippen MR) is 98.5 cm³/mol. The average Bonchev–Trinajstić information content (AvgIpc) is 2.66. The van der Waals surface area contributed by atoms with Gasteiger partial charge >= 0.3 is 6.18 Å². The SMILES string of the molecule is CN(c1cnc(S(=O)(=O)Nc2cccc(F)n2)cc1C(F)(F)F)C1CCNCC1. The fraction of sp³-hybridized carbons (Fsp3) is 0.412. The van der Waals surface area contributed by atoms with Crippen molar-refractivity contribution in [1.29, 1.82) is 0 Å². The first-order chi connectivity index (χ1) is 13.6. The van der Waals surface area contributed by atoms with Crippen molar-refractivity contribution in [1.82, 2.24) is 15.3 Å². The maximum atomic E-state index is 13.7. The molecule has 12 heteroatoms. The molecule has 0 spiro atoms. The molecule has 0 saturated carbocycles. The molecule has 3 heterocycles. The molecular weight excluding hydrogens is 414 g/mol. The van der Waals surface area contributed by atoms with Crippen molar-refractivity contribution < 1.29 is 26.0 Å². The zero-order valence-corrected chi connectivity index (χ0v) is 16.2. The highest BCUT2D eigenvalue weighted by Crippen LogP contribution is 2.38. The molecule has 0 aromatic carbocycles. The standard InChI is InChI=1S/C17H19F4N5O2S/c1-26(11-5-7-22-8-6-11)13-10-23-16(9-12(13)17(19,20)21)29(27,28)25-15-4-2-3-14(18)24-15/h2-4,9-11,22H,5-8H2,1H3,(H,24,25). The molecule has 3 rings (SSSR count). The number of pyridine rings is 2. The molecule has 29 heavy (non-hydrogen) atoms. The molecule has 2 aromatic heterocycles. The fourth-order valence-corrected chi connectivity index (χ4v) is 4.09. The predicted octanol–water partition coefficient (Wildman–Crippen LogP) is 2.62. The zero-order valence-electron chi connectivity index (χ0n) is 15.4. The van der Waals surface area contributed by atoms with Crippen molar-refractivity contribution in [2.24, 2.45) is 0 Å². The smallest absolute Gasteiger partial charge is 0.370 e. The quantitative estimate of drug-likeness (QED) is 0.557. The second kappa shape index (κ2) is 8.11.